The predicted octanol–water partition coefficient (Wildman–Crippen LogP) is 19.3. The number of hydrogen-bond donors (Lipinski definition) is 0. The Labute approximate surface area is 410 Å². The van der Waals surface area contributed by atoms with E-state index in [9.17, 15) is 14.4 Å². The zero-order valence-electron chi connectivity index (χ0n) is 44.2. The highest BCUT2D eigenvalue weighted by Crippen LogP contribution is 2.17. The maximum Gasteiger partial charge on any atom is 0.306 e. The lowest BCUT2D eigenvalue weighted by atomic mass is 10.0. The van der Waals surface area contributed by atoms with E-state index in [0.717, 1.165) is 96.3 Å². The van der Waals surface area contributed by atoms with E-state index >= 15 is 0 Å². The van der Waals surface area contributed by atoms with E-state index in [2.05, 4.69) is 57.2 Å². The van der Waals surface area contributed by atoms with Gasteiger partial charge in [0.2, 0.25) is 0 Å². The molecule has 0 rings (SSSR count). The monoisotopic (exact) mass is 927 g/mol. The summed E-state index contributed by atoms with van der Waals surface area (Å²) in [6, 6.07) is 0. The Hall–Kier alpha value is -2.37. The highest BCUT2D eigenvalue weighted by molar-refractivity contribution is 5.71. The Morgan fingerprint density at radius 3 is 0.924 bits per heavy atom. The van der Waals surface area contributed by atoms with Crippen molar-refractivity contribution in [1.82, 2.24) is 0 Å². The molecular formula is C60H110O6. The average molecular weight is 928 g/mol. The summed E-state index contributed by atoms with van der Waals surface area (Å²) < 4.78 is 16.9. The summed E-state index contributed by atoms with van der Waals surface area (Å²) in [5.41, 5.74) is 0. The van der Waals surface area contributed by atoms with Gasteiger partial charge in [-0.05, 0) is 51.4 Å². The molecule has 1 atom stereocenters. The summed E-state index contributed by atoms with van der Waals surface area (Å²) in [7, 11) is 0. The Bertz CT molecular complexity index is 1110. The normalized spacial score (nSPS) is 12.2. The van der Waals surface area contributed by atoms with Gasteiger partial charge in [-0.25, -0.2) is 0 Å². The second kappa shape index (κ2) is 55.2. The molecule has 1 unspecified atom stereocenters. The molecule has 0 aromatic heterocycles. The van der Waals surface area contributed by atoms with Crippen LogP contribution in [0.15, 0.2) is 36.5 Å². The maximum atomic E-state index is 12.9. The zero-order valence-corrected chi connectivity index (χ0v) is 44.2. The lowest BCUT2D eigenvalue weighted by molar-refractivity contribution is -0.167. The zero-order chi connectivity index (χ0) is 47.9. The topological polar surface area (TPSA) is 78.9 Å². The van der Waals surface area contributed by atoms with Gasteiger partial charge >= 0.3 is 17.9 Å². The Morgan fingerprint density at radius 2 is 0.591 bits per heavy atom. The molecule has 0 heterocycles. The van der Waals surface area contributed by atoms with Crippen LogP contribution in [-0.2, 0) is 28.6 Å². The van der Waals surface area contributed by atoms with Crippen LogP contribution < -0.4 is 0 Å². The summed E-state index contributed by atoms with van der Waals surface area (Å²) in [6.45, 7) is 6.56. The maximum absolute atomic E-state index is 12.9. The number of carbonyl (C=O) groups excluding carboxylic acids is 3. The molecule has 6 nitrogen and oxygen atoms in total. The van der Waals surface area contributed by atoms with E-state index in [4.69, 9.17) is 14.2 Å². The molecule has 66 heavy (non-hydrogen) atoms. The molecule has 0 bridgehead atoms. The van der Waals surface area contributed by atoms with Crippen molar-refractivity contribution < 1.29 is 28.6 Å². The summed E-state index contributed by atoms with van der Waals surface area (Å²) in [5, 5.41) is 0. The number of ether oxygens (including phenoxy) is 3. The first-order chi connectivity index (χ1) is 32.5. The van der Waals surface area contributed by atoms with Crippen LogP contribution in [0.1, 0.15) is 310 Å². The first-order valence-electron chi connectivity index (χ1n) is 29.0. The standard InChI is InChI=1S/C60H110O6/c1-4-7-10-13-16-19-22-25-28-30-33-35-38-41-44-47-50-53-59(62)65-56-57(55-64-58(61)52-49-46-43-40-37-34-31-27-24-21-18-15-12-9-6-3)66-60(63)54-51-48-45-42-39-36-32-29-26-23-20-17-14-11-8-5-2/h9,12,18,21,27,31,57H,4-8,10-11,13-17,19-20,22-26,28-30,32-56H2,1-3H3/b12-9-,21-18-,31-27-. The molecule has 0 saturated heterocycles. The van der Waals surface area contributed by atoms with E-state index in [1.165, 1.54) is 173 Å². The third-order valence-corrected chi connectivity index (χ3v) is 12.9. The molecule has 0 aromatic rings. The van der Waals surface area contributed by atoms with Crippen molar-refractivity contribution in [2.24, 2.45) is 0 Å². The van der Waals surface area contributed by atoms with Gasteiger partial charge in [0.15, 0.2) is 6.10 Å². The van der Waals surface area contributed by atoms with Crippen molar-refractivity contribution in [1.29, 1.82) is 0 Å². The lowest BCUT2D eigenvalue weighted by Gasteiger charge is -2.18. The number of unbranched alkanes of at least 4 members (excludes halogenated alkanes) is 36. The van der Waals surface area contributed by atoms with E-state index in [0.29, 0.717) is 19.3 Å². The van der Waals surface area contributed by atoms with Crippen molar-refractivity contribution in [2.75, 3.05) is 13.2 Å². The first-order valence-corrected chi connectivity index (χ1v) is 29.0. The van der Waals surface area contributed by atoms with E-state index in [1.54, 1.807) is 0 Å². The van der Waals surface area contributed by atoms with Crippen LogP contribution in [0.25, 0.3) is 0 Å². The second-order valence-corrected chi connectivity index (χ2v) is 19.5. The van der Waals surface area contributed by atoms with Crippen LogP contribution in [0.4, 0.5) is 0 Å². The summed E-state index contributed by atoms with van der Waals surface area (Å²) in [6.07, 6.45) is 65.6. The van der Waals surface area contributed by atoms with Crippen molar-refractivity contribution >= 4 is 17.9 Å². The Morgan fingerprint density at radius 1 is 0.318 bits per heavy atom. The lowest BCUT2D eigenvalue weighted by Crippen LogP contribution is -2.30. The molecule has 0 amide bonds. The van der Waals surface area contributed by atoms with Gasteiger partial charge in [-0.3, -0.25) is 14.4 Å². The quantitative estimate of drug-likeness (QED) is 0.0262. The van der Waals surface area contributed by atoms with Crippen molar-refractivity contribution in [2.45, 2.75) is 316 Å². The largest absolute Gasteiger partial charge is 0.462 e. The fourth-order valence-corrected chi connectivity index (χ4v) is 8.58. The molecule has 0 radical (unpaired) electrons. The fourth-order valence-electron chi connectivity index (χ4n) is 8.58. The number of rotatable bonds is 53. The summed E-state index contributed by atoms with van der Waals surface area (Å²) in [5.74, 6) is -0.870. The highest BCUT2D eigenvalue weighted by atomic mass is 16.6. The van der Waals surface area contributed by atoms with E-state index in [-0.39, 0.29) is 31.1 Å². The van der Waals surface area contributed by atoms with Crippen LogP contribution in [-0.4, -0.2) is 37.2 Å². The molecule has 0 fully saturated rings. The minimum absolute atomic E-state index is 0.0726. The van der Waals surface area contributed by atoms with E-state index < -0.39 is 6.10 Å². The summed E-state index contributed by atoms with van der Waals surface area (Å²) >= 11 is 0. The van der Waals surface area contributed by atoms with Crippen LogP contribution >= 0.6 is 0 Å². The first kappa shape index (κ1) is 63.6. The van der Waals surface area contributed by atoms with Crippen molar-refractivity contribution in [3.8, 4) is 0 Å². The number of esters is 3. The number of hydrogen-bond acceptors (Lipinski definition) is 6. The van der Waals surface area contributed by atoms with Gasteiger partial charge in [0.05, 0.1) is 0 Å². The molecule has 0 aromatic carbocycles. The molecular weight excluding hydrogens is 817 g/mol. The van der Waals surface area contributed by atoms with Crippen molar-refractivity contribution in [3.63, 3.8) is 0 Å². The van der Waals surface area contributed by atoms with Crippen molar-refractivity contribution in [3.05, 3.63) is 36.5 Å². The molecule has 0 aliphatic rings. The molecule has 0 aliphatic heterocycles. The molecule has 0 spiro atoms. The number of allylic oxidation sites excluding steroid dienone is 6. The van der Waals surface area contributed by atoms with E-state index in [1.807, 2.05) is 0 Å². The highest BCUT2D eigenvalue weighted by Gasteiger charge is 2.19. The van der Waals surface area contributed by atoms with Gasteiger partial charge in [-0.15, -0.1) is 0 Å². The van der Waals surface area contributed by atoms with Gasteiger partial charge in [-0.1, -0.05) is 276 Å². The van der Waals surface area contributed by atoms with Crippen LogP contribution in [0.3, 0.4) is 0 Å². The van der Waals surface area contributed by atoms with Crippen LogP contribution in [0, 0.1) is 0 Å². The minimum Gasteiger partial charge on any atom is -0.462 e. The molecule has 0 N–H and O–H groups in total. The SMILES string of the molecule is CC/C=C\C/C=C\C/C=C\CCCCCCCC(=O)OCC(COC(=O)CCCCCCCCCCCCCCCCCCC)OC(=O)CCCCCCCCCCCCCCCCCC. The predicted molar refractivity (Wildman–Crippen MR) is 284 cm³/mol. The third-order valence-electron chi connectivity index (χ3n) is 12.9. The second-order valence-electron chi connectivity index (χ2n) is 19.5. The Balaban J connectivity index is 4.34. The van der Waals surface area contributed by atoms with Gasteiger partial charge in [0.25, 0.3) is 0 Å². The van der Waals surface area contributed by atoms with Crippen LogP contribution in [0.5, 0.6) is 0 Å². The summed E-state index contributed by atoms with van der Waals surface area (Å²) in [4.78, 5) is 38.1. The van der Waals surface area contributed by atoms with Gasteiger partial charge in [0.1, 0.15) is 13.2 Å². The molecule has 0 aliphatic carbocycles. The molecule has 6 heteroatoms. The number of carbonyl (C=O) groups is 3. The molecule has 386 valence electrons. The average Bonchev–Trinajstić information content (AvgIpc) is 3.31. The minimum atomic E-state index is -0.775. The fraction of sp³-hybridized carbons (Fsp3) is 0.850. The smallest absolute Gasteiger partial charge is 0.306 e. The van der Waals surface area contributed by atoms with Gasteiger partial charge in [0, 0.05) is 19.3 Å². The van der Waals surface area contributed by atoms with Gasteiger partial charge < -0.3 is 14.2 Å². The van der Waals surface area contributed by atoms with Gasteiger partial charge in [-0.2, -0.15) is 0 Å². The third kappa shape index (κ3) is 52.6. The molecule has 0 saturated carbocycles. The van der Waals surface area contributed by atoms with Crippen LogP contribution in [0.2, 0.25) is 0 Å². The Kier molecular flexibility index (Phi) is 53.2.